The van der Waals surface area contributed by atoms with E-state index in [4.69, 9.17) is 32.7 Å². The van der Waals surface area contributed by atoms with Crippen molar-refractivity contribution in [3.05, 3.63) is 97.9 Å². The molecule has 0 aliphatic carbocycles. The number of hydrogen-bond acceptors (Lipinski definition) is 6. The quantitative estimate of drug-likeness (QED) is 0.183. The van der Waals surface area contributed by atoms with Crippen LogP contribution in [-0.4, -0.2) is 35.2 Å². The van der Waals surface area contributed by atoms with Gasteiger partial charge in [0.1, 0.15) is 18.1 Å². The zero-order chi connectivity index (χ0) is 25.8. The van der Waals surface area contributed by atoms with Gasteiger partial charge >= 0.3 is 5.97 Å². The first kappa shape index (κ1) is 25.8. The molecule has 0 saturated carbocycles. The Labute approximate surface area is 222 Å². The minimum Gasteiger partial charge on any atom is -0.491 e. The number of halogens is 2. The van der Waals surface area contributed by atoms with Gasteiger partial charge in [-0.2, -0.15) is 0 Å². The lowest BCUT2D eigenvalue weighted by Gasteiger charge is -2.14. The molecule has 0 unspecified atom stereocenters. The van der Waals surface area contributed by atoms with Crippen LogP contribution in [0.4, 0.5) is 4.79 Å². The minimum atomic E-state index is -0.672. The molecule has 1 fully saturated rings. The smallest absolute Gasteiger partial charge is 0.345 e. The van der Waals surface area contributed by atoms with Crippen molar-refractivity contribution in [3.63, 3.8) is 0 Å². The first-order valence-corrected chi connectivity index (χ1v) is 12.5. The maximum Gasteiger partial charge on any atom is 0.345 e. The second kappa shape index (κ2) is 11.2. The third kappa shape index (κ3) is 5.93. The van der Waals surface area contributed by atoms with Gasteiger partial charge < -0.3 is 9.47 Å². The van der Waals surface area contributed by atoms with Crippen LogP contribution in [-0.2, 0) is 4.79 Å². The number of carbonyl (C=O) groups is 3. The van der Waals surface area contributed by atoms with Crippen LogP contribution in [0.3, 0.4) is 0 Å². The van der Waals surface area contributed by atoms with Crippen LogP contribution in [0.25, 0.3) is 6.08 Å². The van der Waals surface area contributed by atoms with Gasteiger partial charge in [0.25, 0.3) is 11.1 Å². The van der Waals surface area contributed by atoms with Gasteiger partial charge in [-0.3, -0.25) is 14.5 Å². The van der Waals surface area contributed by atoms with E-state index in [-0.39, 0.29) is 34.4 Å². The van der Waals surface area contributed by atoms with Crippen molar-refractivity contribution in [1.82, 2.24) is 4.90 Å². The lowest BCUT2D eigenvalue weighted by atomic mass is 10.1. The Kier molecular flexibility index (Phi) is 8.04. The zero-order valence-corrected chi connectivity index (χ0v) is 21.7. The third-order valence-corrected chi connectivity index (χ3v) is 6.80. The molecule has 0 atom stereocenters. The lowest BCUT2D eigenvalue weighted by Crippen LogP contribution is -2.32. The number of imide groups is 1. The molecule has 0 bridgehead atoms. The van der Waals surface area contributed by atoms with Crippen LogP contribution in [0.1, 0.15) is 27.0 Å². The number of aryl methyl sites for hydroxylation is 2. The highest BCUT2D eigenvalue weighted by molar-refractivity contribution is 8.18. The van der Waals surface area contributed by atoms with Crippen LogP contribution >= 0.6 is 35.0 Å². The van der Waals surface area contributed by atoms with Gasteiger partial charge in [-0.25, -0.2) is 4.79 Å². The highest BCUT2D eigenvalue weighted by atomic mass is 35.5. The predicted octanol–water partition coefficient (Wildman–Crippen LogP) is 6.94. The van der Waals surface area contributed by atoms with Crippen molar-refractivity contribution in [2.75, 3.05) is 13.2 Å². The molecule has 1 saturated heterocycles. The van der Waals surface area contributed by atoms with Crippen molar-refractivity contribution in [1.29, 1.82) is 0 Å². The lowest BCUT2D eigenvalue weighted by molar-refractivity contribution is -0.123. The van der Waals surface area contributed by atoms with Gasteiger partial charge in [-0.15, -0.1) is 0 Å². The SMILES string of the molecule is Cc1ccc(C)c(OCCN2C(=O)S/C(=C\c3ccccc3OC(=O)c3ccc(Cl)cc3Cl)C2=O)c1. The van der Waals surface area contributed by atoms with Gasteiger partial charge in [0.15, 0.2) is 0 Å². The number of ether oxygens (including phenoxy) is 2. The van der Waals surface area contributed by atoms with Crippen molar-refractivity contribution >= 4 is 58.2 Å². The average molecular weight is 542 g/mol. The maximum absolute atomic E-state index is 12.9. The molecular formula is C27H21Cl2NO5S. The van der Waals surface area contributed by atoms with Crippen LogP contribution in [0.2, 0.25) is 10.0 Å². The molecule has 0 N–H and O–H groups in total. The Hall–Kier alpha value is -3.26. The Morgan fingerprint density at radius 3 is 2.56 bits per heavy atom. The fourth-order valence-electron chi connectivity index (χ4n) is 3.45. The number of para-hydroxylation sites is 1. The van der Waals surface area contributed by atoms with Crippen molar-refractivity contribution < 1.29 is 23.9 Å². The van der Waals surface area contributed by atoms with Gasteiger partial charge in [0.2, 0.25) is 0 Å². The number of thioether (sulfide) groups is 1. The van der Waals surface area contributed by atoms with Crippen LogP contribution in [0, 0.1) is 13.8 Å². The van der Waals surface area contributed by atoms with Gasteiger partial charge in [-0.1, -0.05) is 53.5 Å². The number of hydrogen-bond donors (Lipinski definition) is 0. The third-order valence-electron chi connectivity index (χ3n) is 5.35. The predicted molar refractivity (Wildman–Crippen MR) is 142 cm³/mol. The summed E-state index contributed by atoms with van der Waals surface area (Å²) in [5, 5.41) is 0.166. The summed E-state index contributed by atoms with van der Waals surface area (Å²) < 4.78 is 11.3. The van der Waals surface area contributed by atoms with E-state index in [0.717, 1.165) is 27.8 Å². The molecule has 3 aromatic carbocycles. The van der Waals surface area contributed by atoms with Crippen molar-refractivity contribution in [3.8, 4) is 11.5 Å². The van der Waals surface area contributed by atoms with E-state index in [2.05, 4.69) is 0 Å². The summed E-state index contributed by atoms with van der Waals surface area (Å²) in [4.78, 5) is 39.5. The fraction of sp³-hybridized carbons (Fsp3) is 0.148. The molecule has 4 rings (SSSR count). The first-order chi connectivity index (χ1) is 17.2. The van der Waals surface area contributed by atoms with Gasteiger partial charge in [0, 0.05) is 10.6 Å². The Morgan fingerprint density at radius 2 is 1.78 bits per heavy atom. The molecule has 3 aromatic rings. The van der Waals surface area contributed by atoms with E-state index in [0.29, 0.717) is 16.3 Å². The molecule has 36 heavy (non-hydrogen) atoms. The number of nitrogens with zero attached hydrogens (tertiary/aromatic N) is 1. The molecule has 1 aliphatic heterocycles. The largest absolute Gasteiger partial charge is 0.491 e. The monoisotopic (exact) mass is 541 g/mol. The fourth-order valence-corrected chi connectivity index (χ4v) is 4.79. The Balaban J connectivity index is 1.46. The molecule has 0 spiro atoms. The minimum absolute atomic E-state index is 0.112. The number of esters is 1. The number of rotatable bonds is 7. The Bertz CT molecular complexity index is 1390. The van der Waals surface area contributed by atoms with E-state index >= 15 is 0 Å². The molecule has 6 nitrogen and oxygen atoms in total. The van der Waals surface area contributed by atoms with E-state index in [1.54, 1.807) is 24.3 Å². The van der Waals surface area contributed by atoms with Crippen LogP contribution in [0.15, 0.2) is 65.6 Å². The topological polar surface area (TPSA) is 72.9 Å². The van der Waals surface area contributed by atoms with Crippen LogP contribution in [0.5, 0.6) is 11.5 Å². The summed E-state index contributed by atoms with van der Waals surface area (Å²) in [7, 11) is 0. The molecule has 0 aromatic heterocycles. The summed E-state index contributed by atoms with van der Waals surface area (Å²) in [5.41, 5.74) is 2.65. The van der Waals surface area contributed by atoms with Crippen LogP contribution < -0.4 is 9.47 Å². The van der Waals surface area contributed by atoms with Crippen molar-refractivity contribution in [2.24, 2.45) is 0 Å². The normalized spacial score (nSPS) is 14.4. The summed E-state index contributed by atoms with van der Waals surface area (Å²) >= 11 is 12.8. The molecule has 1 heterocycles. The zero-order valence-electron chi connectivity index (χ0n) is 19.4. The molecule has 0 radical (unpaired) electrons. The molecular weight excluding hydrogens is 521 g/mol. The molecule has 9 heteroatoms. The molecule has 1 aliphatic rings. The molecule has 184 valence electrons. The van der Waals surface area contributed by atoms with E-state index in [9.17, 15) is 14.4 Å². The van der Waals surface area contributed by atoms with Crippen molar-refractivity contribution in [2.45, 2.75) is 13.8 Å². The number of amides is 2. The standard InChI is InChI=1S/C27H21Cl2NO5S/c1-16-7-8-17(2)23(13-16)34-12-11-30-25(31)24(36-27(30)33)14-18-5-3-4-6-22(18)35-26(32)20-10-9-19(28)15-21(20)29/h3-10,13-15H,11-12H2,1-2H3/b24-14-. The van der Waals surface area contributed by atoms with Gasteiger partial charge in [-0.05, 0) is 73.1 Å². The second-order valence-electron chi connectivity index (χ2n) is 8.00. The highest BCUT2D eigenvalue weighted by Crippen LogP contribution is 2.34. The summed E-state index contributed by atoms with van der Waals surface area (Å²) in [5.74, 6) is -0.168. The van der Waals surface area contributed by atoms with E-state index < -0.39 is 17.1 Å². The highest BCUT2D eigenvalue weighted by Gasteiger charge is 2.35. The summed E-state index contributed by atoms with van der Waals surface area (Å²) in [6.45, 7) is 4.18. The first-order valence-electron chi connectivity index (χ1n) is 10.9. The van der Waals surface area contributed by atoms with E-state index in [1.165, 1.54) is 24.3 Å². The summed E-state index contributed by atoms with van der Waals surface area (Å²) in [6.07, 6.45) is 1.53. The average Bonchev–Trinajstić information content (AvgIpc) is 3.09. The van der Waals surface area contributed by atoms with Gasteiger partial charge in [0.05, 0.1) is 22.0 Å². The van der Waals surface area contributed by atoms with E-state index in [1.807, 2.05) is 32.0 Å². The molecule has 2 amide bonds. The second-order valence-corrected chi connectivity index (χ2v) is 9.84. The number of benzene rings is 3. The number of carbonyl (C=O) groups excluding carboxylic acids is 3. The summed E-state index contributed by atoms with van der Waals surface area (Å²) in [6, 6.07) is 17.0. The Morgan fingerprint density at radius 1 is 1.00 bits per heavy atom. The maximum atomic E-state index is 12.9.